The molecule has 172 valence electrons. The third-order valence-electron chi connectivity index (χ3n) is 5.55. The first-order valence-electron chi connectivity index (χ1n) is 10.8. The molecular formula is C23H30N4O4S. The lowest BCUT2D eigenvalue weighted by Crippen LogP contribution is -2.24. The van der Waals surface area contributed by atoms with E-state index in [0.29, 0.717) is 23.8 Å². The summed E-state index contributed by atoms with van der Waals surface area (Å²) < 4.78 is 24.2. The van der Waals surface area contributed by atoms with E-state index in [2.05, 4.69) is 5.32 Å². The number of thiazole rings is 1. The SMILES string of the molecule is COc1ccc(CNc2nc(C)c(-c3ccn(C[C@H]4CCCCO4)n3)s2)c(OC)c1OC. The predicted molar refractivity (Wildman–Crippen MR) is 125 cm³/mol. The zero-order chi connectivity index (χ0) is 22.5. The quantitative estimate of drug-likeness (QED) is 0.505. The van der Waals surface area contributed by atoms with Crippen molar-refractivity contribution < 1.29 is 18.9 Å². The van der Waals surface area contributed by atoms with Gasteiger partial charge in [0.1, 0.15) is 5.69 Å². The number of ether oxygens (including phenoxy) is 4. The Hall–Kier alpha value is -2.78. The fourth-order valence-corrected chi connectivity index (χ4v) is 4.85. The van der Waals surface area contributed by atoms with Gasteiger partial charge in [0.25, 0.3) is 0 Å². The lowest BCUT2D eigenvalue weighted by atomic mass is 10.1. The largest absolute Gasteiger partial charge is 0.493 e. The van der Waals surface area contributed by atoms with Crippen LogP contribution in [0.2, 0.25) is 0 Å². The van der Waals surface area contributed by atoms with E-state index in [4.69, 9.17) is 29.0 Å². The molecule has 0 saturated carbocycles. The van der Waals surface area contributed by atoms with E-state index in [1.807, 2.05) is 36.0 Å². The van der Waals surface area contributed by atoms with Gasteiger partial charge >= 0.3 is 0 Å². The Labute approximate surface area is 192 Å². The summed E-state index contributed by atoms with van der Waals surface area (Å²) in [6, 6.07) is 5.88. The van der Waals surface area contributed by atoms with Crippen molar-refractivity contribution in [1.29, 1.82) is 0 Å². The van der Waals surface area contributed by atoms with Crippen LogP contribution in [-0.4, -0.2) is 48.8 Å². The second kappa shape index (κ2) is 10.2. The highest BCUT2D eigenvalue weighted by Crippen LogP contribution is 2.40. The number of hydrogen-bond acceptors (Lipinski definition) is 8. The van der Waals surface area contributed by atoms with E-state index in [1.165, 1.54) is 6.42 Å². The number of aromatic nitrogens is 3. The molecule has 0 aliphatic carbocycles. The minimum Gasteiger partial charge on any atom is -0.493 e. The molecule has 1 saturated heterocycles. The summed E-state index contributed by atoms with van der Waals surface area (Å²) in [5, 5.41) is 9.00. The summed E-state index contributed by atoms with van der Waals surface area (Å²) in [6.07, 6.45) is 5.77. The van der Waals surface area contributed by atoms with Crippen LogP contribution in [0.15, 0.2) is 24.4 Å². The van der Waals surface area contributed by atoms with E-state index in [0.717, 1.165) is 53.0 Å². The molecule has 2 aromatic heterocycles. The molecule has 0 spiro atoms. The van der Waals surface area contributed by atoms with Crippen molar-refractivity contribution in [2.24, 2.45) is 0 Å². The summed E-state index contributed by atoms with van der Waals surface area (Å²) >= 11 is 1.60. The molecule has 1 aromatic carbocycles. The molecule has 0 bridgehead atoms. The van der Waals surface area contributed by atoms with Gasteiger partial charge in [0.15, 0.2) is 16.6 Å². The Bertz CT molecular complexity index is 1040. The normalized spacial score (nSPS) is 16.1. The summed E-state index contributed by atoms with van der Waals surface area (Å²) in [7, 11) is 4.84. The first-order chi connectivity index (χ1) is 15.6. The van der Waals surface area contributed by atoms with Crippen molar-refractivity contribution in [3.63, 3.8) is 0 Å². The average Bonchev–Trinajstić information content (AvgIpc) is 3.43. The molecule has 1 aliphatic rings. The van der Waals surface area contributed by atoms with Crippen LogP contribution in [0.3, 0.4) is 0 Å². The van der Waals surface area contributed by atoms with E-state index < -0.39 is 0 Å². The van der Waals surface area contributed by atoms with Gasteiger partial charge in [-0.05, 0) is 44.4 Å². The molecule has 1 atom stereocenters. The van der Waals surface area contributed by atoms with Gasteiger partial charge in [-0.1, -0.05) is 11.3 Å². The van der Waals surface area contributed by atoms with Gasteiger partial charge in [0.2, 0.25) is 5.75 Å². The van der Waals surface area contributed by atoms with Crippen LogP contribution in [-0.2, 0) is 17.8 Å². The van der Waals surface area contributed by atoms with Gasteiger partial charge in [-0.3, -0.25) is 4.68 Å². The first-order valence-corrected chi connectivity index (χ1v) is 11.6. The molecule has 4 rings (SSSR count). The second-order valence-corrected chi connectivity index (χ2v) is 8.69. The van der Waals surface area contributed by atoms with Crippen LogP contribution in [0.25, 0.3) is 10.6 Å². The van der Waals surface area contributed by atoms with E-state index >= 15 is 0 Å². The number of methoxy groups -OCH3 is 3. The molecule has 1 N–H and O–H groups in total. The second-order valence-electron chi connectivity index (χ2n) is 7.69. The topological polar surface area (TPSA) is 79.7 Å². The van der Waals surface area contributed by atoms with Crippen LogP contribution in [0, 0.1) is 6.92 Å². The molecule has 3 heterocycles. The summed E-state index contributed by atoms with van der Waals surface area (Å²) in [4.78, 5) is 5.76. The molecule has 8 nitrogen and oxygen atoms in total. The standard InChI is InChI=1S/C23H30N4O4S/c1-15-22(18-10-11-27(26-18)14-17-7-5-6-12-31-17)32-23(25-15)24-13-16-8-9-19(28-2)21(30-4)20(16)29-3/h8-11,17H,5-7,12-14H2,1-4H3,(H,24,25)/t17-/m1/s1. The Morgan fingerprint density at radius 2 is 1.97 bits per heavy atom. The maximum atomic E-state index is 5.84. The molecule has 32 heavy (non-hydrogen) atoms. The first kappa shape index (κ1) is 22.4. The Balaban J connectivity index is 1.45. The fourth-order valence-electron chi connectivity index (χ4n) is 3.93. The van der Waals surface area contributed by atoms with Gasteiger partial charge < -0.3 is 24.3 Å². The maximum absolute atomic E-state index is 5.84. The minimum absolute atomic E-state index is 0.257. The Morgan fingerprint density at radius 1 is 1.12 bits per heavy atom. The molecule has 9 heteroatoms. The number of rotatable bonds is 9. The van der Waals surface area contributed by atoms with Crippen LogP contribution in [0.4, 0.5) is 5.13 Å². The number of benzene rings is 1. The van der Waals surface area contributed by atoms with Gasteiger partial charge in [-0.2, -0.15) is 5.10 Å². The monoisotopic (exact) mass is 458 g/mol. The predicted octanol–water partition coefficient (Wildman–Crippen LogP) is 4.52. The zero-order valence-electron chi connectivity index (χ0n) is 19.0. The van der Waals surface area contributed by atoms with Crippen molar-refractivity contribution in [3.8, 4) is 27.8 Å². The molecule has 0 amide bonds. The summed E-state index contributed by atoms with van der Waals surface area (Å²) in [6.45, 7) is 4.20. The fraction of sp³-hybridized carbons (Fsp3) is 0.478. The van der Waals surface area contributed by atoms with Crippen LogP contribution < -0.4 is 19.5 Å². The summed E-state index contributed by atoms with van der Waals surface area (Å²) in [5.41, 5.74) is 2.85. The Morgan fingerprint density at radius 3 is 2.69 bits per heavy atom. The summed E-state index contributed by atoms with van der Waals surface area (Å²) in [5.74, 6) is 1.86. The number of hydrogen-bond donors (Lipinski definition) is 1. The van der Waals surface area contributed by atoms with E-state index in [9.17, 15) is 0 Å². The van der Waals surface area contributed by atoms with Crippen molar-refractivity contribution in [2.45, 2.75) is 45.4 Å². The van der Waals surface area contributed by atoms with E-state index in [1.54, 1.807) is 32.7 Å². The lowest BCUT2D eigenvalue weighted by Gasteiger charge is -2.22. The van der Waals surface area contributed by atoms with Crippen LogP contribution in [0.1, 0.15) is 30.5 Å². The average molecular weight is 459 g/mol. The number of aryl methyl sites for hydroxylation is 1. The van der Waals surface area contributed by atoms with Crippen LogP contribution >= 0.6 is 11.3 Å². The molecular weight excluding hydrogens is 428 g/mol. The highest BCUT2D eigenvalue weighted by molar-refractivity contribution is 7.19. The third kappa shape index (κ3) is 4.83. The zero-order valence-corrected chi connectivity index (χ0v) is 19.8. The molecule has 1 fully saturated rings. The lowest BCUT2D eigenvalue weighted by molar-refractivity contribution is 0.00403. The number of nitrogens with zero attached hydrogens (tertiary/aromatic N) is 3. The highest BCUT2D eigenvalue weighted by Gasteiger charge is 2.18. The number of anilines is 1. The van der Waals surface area contributed by atoms with Gasteiger partial charge in [0, 0.05) is 24.9 Å². The van der Waals surface area contributed by atoms with Gasteiger partial charge in [0.05, 0.1) is 44.5 Å². The van der Waals surface area contributed by atoms with Gasteiger partial charge in [-0.25, -0.2) is 4.98 Å². The van der Waals surface area contributed by atoms with Crippen molar-refractivity contribution in [1.82, 2.24) is 14.8 Å². The van der Waals surface area contributed by atoms with Gasteiger partial charge in [-0.15, -0.1) is 0 Å². The van der Waals surface area contributed by atoms with Crippen LogP contribution in [0.5, 0.6) is 17.2 Å². The molecule has 0 radical (unpaired) electrons. The Kier molecular flexibility index (Phi) is 7.16. The van der Waals surface area contributed by atoms with Crippen molar-refractivity contribution in [3.05, 3.63) is 35.7 Å². The third-order valence-corrected chi connectivity index (χ3v) is 6.69. The smallest absolute Gasteiger partial charge is 0.203 e. The molecule has 3 aromatic rings. The maximum Gasteiger partial charge on any atom is 0.203 e. The number of nitrogens with one attached hydrogen (secondary N) is 1. The molecule has 0 unspecified atom stereocenters. The highest BCUT2D eigenvalue weighted by atomic mass is 32.1. The molecule has 1 aliphatic heterocycles. The minimum atomic E-state index is 0.257. The van der Waals surface area contributed by atoms with Crippen molar-refractivity contribution in [2.75, 3.05) is 33.3 Å². The van der Waals surface area contributed by atoms with Crippen molar-refractivity contribution >= 4 is 16.5 Å². The van der Waals surface area contributed by atoms with E-state index in [-0.39, 0.29) is 6.10 Å².